The second kappa shape index (κ2) is 5.22. The Morgan fingerprint density at radius 2 is 2.16 bits per heavy atom. The van der Waals surface area contributed by atoms with Crippen molar-refractivity contribution in [3.8, 4) is 0 Å². The molecule has 0 amide bonds. The zero-order valence-corrected chi connectivity index (χ0v) is 13.0. The number of hydrogen-bond acceptors (Lipinski definition) is 2. The fraction of sp³-hybridized carbons (Fsp3) is 0.333. The normalized spacial score (nSPS) is 21.4. The van der Waals surface area contributed by atoms with Gasteiger partial charge in [-0.25, -0.2) is 0 Å². The van der Waals surface area contributed by atoms with E-state index in [-0.39, 0.29) is 0 Å². The fourth-order valence-corrected chi connectivity index (χ4v) is 2.77. The van der Waals surface area contributed by atoms with Gasteiger partial charge in [0.25, 0.3) is 0 Å². The summed E-state index contributed by atoms with van der Waals surface area (Å²) in [6, 6.07) is 9.89. The number of furan rings is 1. The predicted molar refractivity (Wildman–Crippen MR) is 81.7 cm³/mol. The first-order valence-corrected chi connectivity index (χ1v) is 7.58. The van der Waals surface area contributed by atoms with E-state index in [0.29, 0.717) is 17.5 Å². The molecule has 2 unspecified atom stereocenters. The number of anilines is 1. The summed E-state index contributed by atoms with van der Waals surface area (Å²) in [4.78, 5) is 0. The van der Waals surface area contributed by atoms with Crippen LogP contribution in [0.1, 0.15) is 30.8 Å². The summed E-state index contributed by atoms with van der Waals surface area (Å²) in [6.07, 6.45) is 1.25. The quantitative estimate of drug-likeness (QED) is 0.802. The lowest BCUT2D eigenvalue weighted by atomic mass is 10.3. The lowest BCUT2D eigenvalue weighted by Crippen LogP contribution is -1.98. The topological polar surface area (TPSA) is 25.2 Å². The standard InChI is InChI=1S/C15H15BrClNO/c1-9-6-12(9)15-5-3-11(19-15)8-18-14-7-10(16)2-4-13(14)17/h2-5,7,9,12,18H,6,8H2,1H3. The zero-order valence-electron chi connectivity index (χ0n) is 10.6. The third-order valence-electron chi connectivity index (χ3n) is 3.54. The molecule has 0 aliphatic heterocycles. The zero-order chi connectivity index (χ0) is 13.4. The molecule has 100 valence electrons. The summed E-state index contributed by atoms with van der Waals surface area (Å²) < 4.78 is 6.86. The summed E-state index contributed by atoms with van der Waals surface area (Å²) in [5, 5.41) is 4.01. The average molecular weight is 341 g/mol. The van der Waals surface area contributed by atoms with E-state index in [1.807, 2.05) is 24.3 Å². The third kappa shape index (κ3) is 2.98. The van der Waals surface area contributed by atoms with E-state index < -0.39 is 0 Å². The Hall–Kier alpha value is -0.930. The monoisotopic (exact) mass is 339 g/mol. The van der Waals surface area contributed by atoms with Crippen LogP contribution in [0.25, 0.3) is 0 Å². The summed E-state index contributed by atoms with van der Waals surface area (Å²) >= 11 is 9.57. The molecule has 1 aliphatic rings. The molecule has 2 nitrogen and oxygen atoms in total. The highest BCUT2D eigenvalue weighted by molar-refractivity contribution is 9.10. The second-order valence-corrected chi connectivity index (χ2v) is 6.42. The maximum absolute atomic E-state index is 6.13. The van der Waals surface area contributed by atoms with E-state index in [2.05, 4.69) is 34.2 Å². The van der Waals surface area contributed by atoms with Gasteiger partial charge in [-0.15, -0.1) is 0 Å². The van der Waals surface area contributed by atoms with Crippen LogP contribution in [0.5, 0.6) is 0 Å². The Kier molecular flexibility index (Phi) is 3.59. The number of nitrogens with one attached hydrogen (secondary N) is 1. The van der Waals surface area contributed by atoms with Gasteiger partial charge in [0.1, 0.15) is 11.5 Å². The molecule has 1 saturated carbocycles. The Morgan fingerprint density at radius 3 is 2.89 bits per heavy atom. The van der Waals surface area contributed by atoms with Gasteiger partial charge in [-0.3, -0.25) is 0 Å². The van der Waals surface area contributed by atoms with E-state index in [0.717, 1.165) is 27.6 Å². The van der Waals surface area contributed by atoms with Crippen molar-refractivity contribution in [1.29, 1.82) is 0 Å². The highest BCUT2D eigenvalue weighted by Gasteiger charge is 2.36. The molecule has 0 spiro atoms. The van der Waals surface area contributed by atoms with Gasteiger partial charge in [0, 0.05) is 10.4 Å². The Balaban J connectivity index is 1.65. The van der Waals surface area contributed by atoms with Crippen LogP contribution in [0.15, 0.2) is 39.2 Å². The SMILES string of the molecule is CC1CC1c1ccc(CNc2cc(Br)ccc2Cl)o1. The molecule has 0 bridgehead atoms. The summed E-state index contributed by atoms with van der Waals surface area (Å²) in [5.41, 5.74) is 0.911. The minimum absolute atomic E-state index is 0.628. The summed E-state index contributed by atoms with van der Waals surface area (Å²) in [7, 11) is 0. The van der Waals surface area contributed by atoms with Crippen molar-refractivity contribution < 1.29 is 4.42 Å². The largest absolute Gasteiger partial charge is 0.464 e. The molecule has 1 heterocycles. The first-order chi connectivity index (χ1) is 9.13. The second-order valence-electron chi connectivity index (χ2n) is 5.10. The van der Waals surface area contributed by atoms with Crippen molar-refractivity contribution in [2.24, 2.45) is 5.92 Å². The minimum Gasteiger partial charge on any atom is -0.464 e. The molecule has 19 heavy (non-hydrogen) atoms. The first kappa shape index (κ1) is 13.1. The van der Waals surface area contributed by atoms with Crippen LogP contribution in [-0.2, 0) is 6.54 Å². The molecule has 1 aromatic carbocycles. The Labute approximate surface area is 126 Å². The van der Waals surface area contributed by atoms with Crippen LogP contribution >= 0.6 is 27.5 Å². The number of rotatable bonds is 4. The first-order valence-electron chi connectivity index (χ1n) is 6.41. The Morgan fingerprint density at radius 1 is 1.37 bits per heavy atom. The molecule has 1 fully saturated rings. The number of halogens is 2. The molecule has 2 aromatic rings. The van der Waals surface area contributed by atoms with Crippen LogP contribution in [0.3, 0.4) is 0 Å². The Bertz CT molecular complexity index is 596. The van der Waals surface area contributed by atoms with E-state index >= 15 is 0 Å². The van der Waals surface area contributed by atoms with Crippen molar-refractivity contribution in [3.63, 3.8) is 0 Å². The molecular weight excluding hydrogens is 326 g/mol. The molecule has 3 rings (SSSR count). The summed E-state index contributed by atoms with van der Waals surface area (Å²) in [5.74, 6) is 3.46. The lowest BCUT2D eigenvalue weighted by molar-refractivity contribution is 0.468. The summed E-state index contributed by atoms with van der Waals surface area (Å²) in [6.45, 7) is 2.91. The van der Waals surface area contributed by atoms with Gasteiger partial charge >= 0.3 is 0 Å². The van der Waals surface area contributed by atoms with Gasteiger partial charge in [0.15, 0.2) is 0 Å². The minimum atomic E-state index is 0.628. The van der Waals surface area contributed by atoms with Crippen molar-refractivity contribution in [2.75, 3.05) is 5.32 Å². The maximum atomic E-state index is 6.13. The van der Waals surface area contributed by atoms with Crippen molar-refractivity contribution in [1.82, 2.24) is 0 Å². The molecule has 0 radical (unpaired) electrons. The van der Waals surface area contributed by atoms with Gasteiger partial charge in [-0.1, -0.05) is 34.5 Å². The van der Waals surface area contributed by atoms with Crippen LogP contribution in [0.4, 0.5) is 5.69 Å². The predicted octanol–water partition coefficient (Wildman–Crippen LogP) is 5.43. The van der Waals surface area contributed by atoms with Gasteiger partial charge in [0.05, 0.1) is 17.3 Å². The fourth-order valence-electron chi connectivity index (χ4n) is 2.22. The van der Waals surface area contributed by atoms with Crippen molar-refractivity contribution >= 4 is 33.2 Å². The highest BCUT2D eigenvalue weighted by atomic mass is 79.9. The average Bonchev–Trinajstić information content (AvgIpc) is 2.93. The van der Waals surface area contributed by atoms with Gasteiger partial charge in [0.2, 0.25) is 0 Å². The van der Waals surface area contributed by atoms with Crippen molar-refractivity contribution in [3.05, 3.63) is 51.3 Å². The van der Waals surface area contributed by atoms with Crippen LogP contribution in [0.2, 0.25) is 5.02 Å². The van der Waals surface area contributed by atoms with E-state index in [4.69, 9.17) is 16.0 Å². The maximum Gasteiger partial charge on any atom is 0.123 e. The van der Waals surface area contributed by atoms with Gasteiger partial charge in [-0.2, -0.15) is 0 Å². The van der Waals surface area contributed by atoms with Crippen LogP contribution in [0, 0.1) is 5.92 Å². The molecular formula is C15H15BrClNO. The van der Waals surface area contributed by atoms with E-state index in [9.17, 15) is 0 Å². The molecule has 0 saturated heterocycles. The van der Waals surface area contributed by atoms with E-state index in [1.54, 1.807) is 0 Å². The third-order valence-corrected chi connectivity index (χ3v) is 4.36. The molecule has 1 aromatic heterocycles. The number of benzene rings is 1. The molecule has 1 N–H and O–H groups in total. The highest BCUT2D eigenvalue weighted by Crippen LogP contribution is 2.47. The molecule has 2 atom stereocenters. The molecule has 4 heteroatoms. The van der Waals surface area contributed by atoms with Gasteiger partial charge < -0.3 is 9.73 Å². The van der Waals surface area contributed by atoms with Crippen LogP contribution < -0.4 is 5.32 Å². The van der Waals surface area contributed by atoms with E-state index in [1.165, 1.54) is 6.42 Å². The van der Waals surface area contributed by atoms with Gasteiger partial charge in [-0.05, 0) is 42.7 Å². The smallest absolute Gasteiger partial charge is 0.123 e. The van der Waals surface area contributed by atoms with Crippen molar-refractivity contribution in [2.45, 2.75) is 25.8 Å². The van der Waals surface area contributed by atoms with Crippen LogP contribution in [-0.4, -0.2) is 0 Å². The number of hydrogen-bond donors (Lipinski definition) is 1. The molecule has 1 aliphatic carbocycles. The lowest BCUT2D eigenvalue weighted by Gasteiger charge is -2.07.